The molecule has 0 fully saturated rings. The highest BCUT2D eigenvalue weighted by Gasteiger charge is 2.15. The number of alkyl carbamates (subject to hydrolysis) is 1. The van der Waals surface area contributed by atoms with Crippen molar-refractivity contribution in [3.05, 3.63) is 5.53 Å². The highest BCUT2D eigenvalue weighted by Crippen LogP contribution is 2.06. The first-order valence-electron chi connectivity index (χ1n) is 4.52. The molecule has 0 aliphatic carbocycles. The molecule has 0 unspecified atom stereocenters. The molecule has 1 amide bonds. The van der Waals surface area contributed by atoms with Gasteiger partial charge in [-0.3, -0.25) is 4.79 Å². The Bertz CT molecular complexity index is 287. The Morgan fingerprint density at radius 3 is 2.53 bits per heavy atom. The molecule has 0 aromatic rings. The number of Topliss-reactive ketones (excluding diaryl/α,β-unsaturated/α-hetero) is 1. The van der Waals surface area contributed by atoms with E-state index < -0.39 is 11.7 Å². The number of ether oxygens (including phenoxy) is 1. The van der Waals surface area contributed by atoms with E-state index in [0.717, 1.165) is 6.21 Å². The van der Waals surface area contributed by atoms with Crippen LogP contribution in [0.15, 0.2) is 0 Å². The van der Waals surface area contributed by atoms with Gasteiger partial charge < -0.3 is 15.6 Å². The summed E-state index contributed by atoms with van der Waals surface area (Å²) in [5.41, 5.74) is 7.48. The van der Waals surface area contributed by atoms with Crippen LogP contribution in [0.2, 0.25) is 0 Å². The van der Waals surface area contributed by atoms with Gasteiger partial charge in [-0.15, -0.1) is 0 Å². The zero-order chi connectivity index (χ0) is 11.9. The van der Waals surface area contributed by atoms with Crippen molar-refractivity contribution >= 4 is 18.1 Å². The number of amides is 1. The summed E-state index contributed by atoms with van der Waals surface area (Å²) in [7, 11) is 0. The average molecular weight is 213 g/mol. The Morgan fingerprint density at radius 1 is 1.47 bits per heavy atom. The van der Waals surface area contributed by atoms with Gasteiger partial charge in [-0.2, -0.15) is 4.79 Å². The summed E-state index contributed by atoms with van der Waals surface area (Å²) < 4.78 is 4.94. The van der Waals surface area contributed by atoms with Gasteiger partial charge in [0.05, 0.1) is 0 Å². The van der Waals surface area contributed by atoms with Crippen LogP contribution in [-0.4, -0.2) is 35.0 Å². The minimum absolute atomic E-state index is 0.0727. The predicted octanol–water partition coefficient (Wildman–Crippen LogP) is 0.771. The van der Waals surface area contributed by atoms with Crippen molar-refractivity contribution in [1.29, 1.82) is 0 Å². The fraction of sp³-hybridized carbons (Fsp3) is 0.667. The summed E-state index contributed by atoms with van der Waals surface area (Å²) >= 11 is 0. The Hall–Kier alpha value is -1.68. The predicted molar refractivity (Wildman–Crippen MR) is 53.5 cm³/mol. The second kappa shape index (κ2) is 5.93. The van der Waals surface area contributed by atoms with Crippen LogP contribution < -0.4 is 5.32 Å². The minimum Gasteiger partial charge on any atom is -0.444 e. The molecule has 0 heterocycles. The van der Waals surface area contributed by atoms with E-state index in [0.29, 0.717) is 0 Å². The molecule has 0 saturated heterocycles. The van der Waals surface area contributed by atoms with Crippen LogP contribution in [0, 0.1) is 0 Å². The van der Waals surface area contributed by atoms with Crippen LogP contribution in [0.1, 0.15) is 27.2 Å². The van der Waals surface area contributed by atoms with Gasteiger partial charge in [-0.25, -0.2) is 4.79 Å². The molecule has 0 spiro atoms. The van der Waals surface area contributed by atoms with Crippen molar-refractivity contribution < 1.29 is 19.1 Å². The Balaban J connectivity index is 3.74. The van der Waals surface area contributed by atoms with Crippen LogP contribution in [0.4, 0.5) is 4.79 Å². The maximum atomic E-state index is 11.1. The zero-order valence-corrected chi connectivity index (χ0v) is 9.11. The summed E-state index contributed by atoms with van der Waals surface area (Å²) in [5, 5.41) is 2.40. The Labute approximate surface area is 88.2 Å². The van der Waals surface area contributed by atoms with E-state index in [9.17, 15) is 9.59 Å². The van der Waals surface area contributed by atoms with Gasteiger partial charge in [-0.1, -0.05) is 0 Å². The SMILES string of the molecule is CC(C)(C)OC(=O)NCCC(=O)C=[N+]=[N-]. The second-order valence-electron chi connectivity index (χ2n) is 3.89. The van der Waals surface area contributed by atoms with Crippen LogP contribution in [0.25, 0.3) is 5.53 Å². The molecule has 0 aromatic carbocycles. The van der Waals surface area contributed by atoms with Crippen molar-refractivity contribution in [3.8, 4) is 0 Å². The molecular weight excluding hydrogens is 198 g/mol. The van der Waals surface area contributed by atoms with Crippen LogP contribution in [0.5, 0.6) is 0 Å². The first-order chi connectivity index (χ1) is 6.85. The van der Waals surface area contributed by atoms with Crippen LogP contribution >= 0.6 is 0 Å². The molecular formula is C9H15N3O3. The highest BCUT2D eigenvalue weighted by atomic mass is 16.6. The smallest absolute Gasteiger partial charge is 0.407 e. The number of carbonyl (C=O) groups is 2. The summed E-state index contributed by atoms with van der Waals surface area (Å²) in [4.78, 5) is 24.5. The normalized spacial score (nSPS) is 10.1. The molecule has 0 bridgehead atoms. The Kier molecular flexibility index (Phi) is 5.26. The molecule has 0 aliphatic rings. The van der Waals surface area contributed by atoms with E-state index in [1.807, 2.05) is 0 Å². The van der Waals surface area contributed by atoms with E-state index in [-0.39, 0.29) is 18.7 Å². The monoisotopic (exact) mass is 213 g/mol. The zero-order valence-electron chi connectivity index (χ0n) is 9.11. The van der Waals surface area contributed by atoms with Gasteiger partial charge in [0.15, 0.2) is 0 Å². The lowest BCUT2D eigenvalue weighted by Crippen LogP contribution is -2.33. The third-order valence-electron chi connectivity index (χ3n) is 1.24. The Morgan fingerprint density at radius 2 is 2.07 bits per heavy atom. The van der Waals surface area contributed by atoms with Gasteiger partial charge in [0.1, 0.15) is 5.60 Å². The number of carbonyl (C=O) groups excluding carboxylic acids is 2. The lowest BCUT2D eigenvalue weighted by molar-refractivity contribution is -0.115. The minimum atomic E-state index is -0.573. The van der Waals surface area contributed by atoms with Crippen molar-refractivity contribution in [2.45, 2.75) is 32.8 Å². The number of nitrogens with one attached hydrogen (secondary N) is 1. The lowest BCUT2D eigenvalue weighted by atomic mass is 10.2. The third kappa shape index (κ3) is 8.64. The van der Waals surface area contributed by atoms with E-state index in [1.165, 1.54) is 0 Å². The fourth-order valence-corrected chi connectivity index (χ4v) is 0.731. The molecule has 0 atom stereocenters. The molecule has 84 valence electrons. The van der Waals surface area contributed by atoms with Crippen molar-refractivity contribution in [3.63, 3.8) is 0 Å². The molecule has 0 aromatic heterocycles. The van der Waals surface area contributed by atoms with Crippen LogP contribution in [-0.2, 0) is 9.53 Å². The summed E-state index contributed by atoms with van der Waals surface area (Å²) in [6.45, 7) is 5.39. The molecule has 0 aliphatic heterocycles. The van der Waals surface area contributed by atoms with E-state index in [2.05, 4.69) is 10.1 Å². The van der Waals surface area contributed by atoms with Crippen molar-refractivity contribution in [2.75, 3.05) is 6.54 Å². The molecule has 15 heavy (non-hydrogen) atoms. The topological polar surface area (TPSA) is 91.8 Å². The van der Waals surface area contributed by atoms with Crippen LogP contribution in [0.3, 0.4) is 0 Å². The van der Waals surface area contributed by atoms with Gasteiger partial charge in [0, 0.05) is 13.0 Å². The van der Waals surface area contributed by atoms with Gasteiger partial charge >= 0.3 is 12.3 Å². The molecule has 6 nitrogen and oxygen atoms in total. The average Bonchev–Trinajstić information content (AvgIpc) is 2.00. The molecule has 6 heteroatoms. The second-order valence-corrected chi connectivity index (χ2v) is 3.89. The molecule has 0 rings (SSSR count). The quantitative estimate of drug-likeness (QED) is 0.424. The van der Waals surface area contributed by atoms with Gasteiger partial charge in [0.25, 0.3) is 0 Å². The largest absolute Gasteiger partial charge is 0.444 e. The highest BCUT2D eigenvalue weighted by molar-refractivity contribution is 6.25. The van der Waals surface area contributed by atoms with Crippen molar-refractivity contribution in [1.82, 2.24) is 5.32 Å². The first kappa shape index (κ1) is 13.3. The molecule has 0 radical (unpaired) electrons. The number of nitrogens with zero attached hydrogens (tertiary/aromatic N) is 2. The van der Waals surface area contributed by atoms with E-state index in [4.69, 9.17) is 10.3 Å². The first-order valence-corrected chi connectivity index (χ1v) is 4.52. The third-order valence-corrected chi connectivity index (χ3v) is 1.24. The van der Waals surface area contributed by atoms with Crippen molar-refractivity contribution in [2.24, 2.45) is 0 Å². The van der Waals surface area contributed by atoms with Gasteiger partial charge in [-0.05, 0) is 20.8 Å². The summed E-state index contributed by atoms with van der Waals surface area (Å²) in [6, 6.07) is 0. The molecule has 1 N–H and O–H groups in total. The van der Waals surface area contributed by atoms with E-state index >= 15 is 0 Å². The van der Waals surface area contributed by atoms with E-state index in [1.54, 1.807) is 20.8 Å². The lowest BCUT2D eigenvalue weighted by Gasteiger charge is -2.19. The standard InChI is InChI=1S/C9H15N3O3/c1-9(2,3)15-8(14)11-5-4-7(13)6-12-10/h6H,4-5H2,1-3H3,(H,11,14). The number of rotatable bonds is 4. The number of hydrogen-bond donors (Lipinski definition) is 1. The number of ketones is 1. The summed E-state index contributed by atoms with van der Waals surface area (Å²) in [6.07, 6.45) is 0.288. The number of hydrogen-bond acceptors (Lipinski definition) is 3. The summed E-state index contributed by atoms with van der Waals surface area (Å²) in [5.74, 6) is -0.367. The maximum Gasteiger partial charge on any atom is 0.407 e. The van der Waals surface area contributed by atoms with Gasteiger partial charge in [0.2, 0.25) is 5.78 Å². The maximum absolute atomic E-state index is 11.1. The molecule has 0 saturated carbocycles. The fourth-order valence-electron chi connectivity index (χ4n) is 0.731.